The van der Waals surface area contributed by atoms with Gasteiger partial charge in [0.25, 0.3) is 5.91 Å². The molecule has 1 aromatic heterocycles. The molecule has 0 aliphatic carbocycles. The van der Waals surface area contributed by atoms with Gasteiger partial charge in [-0.1, -0.05) is 23.8 Å². The minimum atomic E-state index is -0.163. The molecule has 2 amide bonds. The van der Waals surface area contributed by atoms with E-state index in [4.69, 9.17) is 0 Å². The highest BCUT2D eigenvalue weighted by Crippen LogP contribution is 2.03. The van der Waals surface area contributed by atoms with Crippen molar-refractivity contribution in [3.05, 3.63) is 65.5 Å². The number of nitrogens with zero attached hydrogens (tertiary/aromatic N) is 1. The highest BCUT2D eigenvalue weighted by Gasteiger charge is 2.06. The van der Waals surface area contributed by atoms with Crippen molar-refractivity contribution in [1.82, 2.24) is 15.6 Å². The number of nitrogens with one attached hydrogen (secondary N) is 2. The lowest BCUT2D eigenvalue weighted by Crippen LogP contribution is -2.30. The number of rotatable bonds is 6. The van der Waals surface area contributed by atoms with Gasteiger partial charge in [0.1, 0.15) is 0 Å². The highest BCUT2D eigenvalue weighted by atomic mass is 16.2. The molecule has 1 aromatic carbocycles. The Kier molecular flexibility index (Phi) is 5.65. The summed E-state index contributed by atoms with van der Waals surface area (Å²) >= 11 is 0. The highest BCUT2D eigenvalue weighted by molar-refractivity contribution is 5.94. The predicted octanol–water partition coefficient (Wildman–Crippen LogP) is 1.83. The molecule has 0 aliphatic heterocycles. The Morgan fingerprint density at radius 3 is 2.73 bits per heavy atom. The van der Waals surface area contributed by atoms with Crippen molar-refractivity contribution in [1.29, 1.82) is 0 Å². The molecule has 2 rings (SSSR count). The number of benzene rings is 1. The van der Waals surface area contributed by atoms with Gasteiger partial charge in [0.2, 0.25) is 5.91 Å². The van der Waals surface area contributed by atoms with Crippen LogP contribution in [-0.2, 0) is 11.3 Å². The average Bonchev–Trinajstić information content (AvgIpc) is 2.54. The average molecular weight is 297 g/mol. The summed E-state index contributed by atoms with van der Waals surface area (Å²) in [6, 6.07) is 11.1. The summed E-state index contributed by atoms with van der Waals surface area (Å²) in [6.45, 7) is 2.69. The predicted molar refractivity (Wildman–Crippen MR) is 84.2 cm³/mol. The molecule has 0 aliphatic rings. The third kappa shape index (κ3) is 5.01. The Morgan fingerprint density at radius 1 is 1.14 bits per heavy atom. The number of aromatic nitrogens is 1. The van der Waals surface area contributed by atoms with E-state index in [1.165, 1.54) is 0 Å². The van der Waals surface area contributed by atoms with Crippen LogP contribution in [0.2, 0.25) is 0 Å². The van der Waals surface area contributed by atoms with Gasteiger partial charge in [0.15, 0.2) is 0 Å². The lowest BCUT2D eigenvalue weighted by molar-refractivity contribution is -0.121. The Labute approximate surface area is 129 Å². The normalized spacial score (nSPS) is 10.0. The minimum Gasteiger partial charge on any atom is -0.352 e. The van der Waals surface area contributed by atoms with E-state index in [2.05, 4.69) is 15.6 Å². The summed E-state index contributed by atoms with van der Waals surface area (Å²) in [7, 11) is 0. The summed E-state index contributed by atoms with van der Waals surface area (Å²) in [5.41, 5.74) is 2.58. The minimum absolute atomic E-state index is 0.103. The summed E-state index contributed by atoms with van der Waals surface area (Å²) in [5.74, 6) is -0.267. The van der Waals surface area contributed by atoms with Crippen LogP contribution in [0, 0.1) is 6.92 Å². The zero-order chi connectivity index (χ0) is 15.8. The first-order valence-corrected chi connectivity index (χ1v) is 7.15. The molecule has 0 unspecified atom stereocenters. The molecular formula is C17H19N3O2. The molecule has 2 N–H and O–H groups in total. The number of hydrogen-bond acceptors (Lipinski definition) is 3. The number of aryl methyl sites for hydroxylation is 1. The zero-order valence-corrected chi connectivity index (χ0v) is 12.5. The van der Waals surface area contributed by atoms with E-state index in [-0.39, 0.29) is 18.2 Å². The number of amides is 2. The van der Waals surface area contributed by atoms with Crippen LogP contribution < -0.4 is 10.6 Å². The van der Waals surface area contributed by atoms with Crippen LogP contribution in [0.1, 0.15) is 27.9 Å². The smallest absolute Gasteiger partial charge is 0.251 e. The number of carbonyl (C=O) groups excluding carboxylic acids is 2. The molecule has 0 spiro atoms. The van der Waals surface area contributed by atoms with Crippen molar-refractivity contribution in [2.45, 2.75) is 19.9 Å². The van der Waals surface area contributed by atoms with Crippen LogP contribution >= 0.6 is 0 Å². The zero-order valence-electron chi connectivity index (χ0n) is 12.5. The SMILES string of the molecule is Cc1cccc(C(=O)NCCC(=O)NCc2cccnc2)c1. The second kappa shape index (κ2) is 7.93. The van der Waals surface area contributed by atoms with Gasteiger partial charge < -0.3 is 10.6 Å². The summed E-state index contributed by atoms with van der Waals surface area (Å²) in [6.07, 6.45) is 3.64. The molecule has 1 heterocycles. The molecule has 2 aromatic rings. The Hall–Kier alpha value is -2.69. The van der Waals surface area contributed by atoms with Crippen molar-refractivity contribution in [2.75, 3.05) is 6.54 Å². The van der Waals surface area contributed by atoms with Crippen LogP contribution in [-0.4, -0.2) is 23.3 Å². The van der Waals surface area contributed by atoms with Gasteiger partial charge in [0.05, 0.1) is 0 Å². The van der Waals surface area contributed by atoms with E-state index in [0.29, 0.717) is 18.7 Å². The Bertz CT molecular complexity index is 641. The van der Waals surface area contributed by atoms with E-state index >= 15 is 0 Å². The largest absolute Gasteiger partial charge is 0.352 e. The van der Waals surface area contributed by atoms with Crippen molar-refractivity contribution >= 4 is 11.8 Å². The maximum Gasteiger partial charge on any atom is 0.251 e. The number of hydrogen-bond donors (Lipinski definition) is 2. The van der Waals surface area contributed by atoms with Gasteiger partial charge in [-0.3, -0.25) is 14.6 Å². The second-order valence-electron chi connectivity index (χ2n) is 5.01. The second-order valence-corrected chi connectivity index (χ2v) is 5.01. The van der Waals surface area contributed by atoms with Crippen molar-refractivity contribution in [2.24, 2.45) is 0 Å². The fourth-order valence-corrected chi connectivity index (χ4v) is 1.97. The van der Waals surface area contributed by atoms with Crippen LogP contribution in [0.3, 0.4) is 0 Å². The first-order chi connectivity index (χ1) is 10.6. The molecule has 0 bridgehead atoms. The van der Waals surface area contributed by atoms with E-state index in [1.807, 2.05) is 37.3 Å². The molecular weight excluding hydrogens is 278 g/mol. The Balaban J connectivity index is 1.69. The lowest BCUT2D eigenvalue weighted by atomic mass is 10.1. The maximum absolute atomic E-state index is 11.9. The first kappa shape index (κ1) is 15.7. The molecule has 5 nitrogen and oxygen atoms in total. The van der Waals surface area contributed by atoms with Gasteiger partial charge in [-0.25, -0.2) is 0 Å². The first-order valence-electron chi connectivity index (χ1n) is 7.15. The molecule has 5 heteroatoms. The molecule has 0 fully saturated rings. The van der Waals surface area contributed by atoms with Crippen LogP contribution in [0.25, 0.3) is 0 Å². The topological polar surface area (TPSA) is 71.1 Å². The summed E-state index contributed by atoms with van der Waals surface area (Å²) in [4.78, 5) is 27.6. The van der Waals surface area contributed by atoms with Gasteiger partial charge in [0, 0.05) is 37.5 Å². The van der Waals surface area contributed by atoms with Gasteiger partial charge >= 0.3 is 0 Å². The van der Waals surface area contributed by atoms with Gasteiger partial charge in [-0.15, -0.1) is 0 Å². The van der Waals surface area contributed by atoms with E-state index in [9.17, 15) is 9.59 Å². The van der Waals surface area contributed by atoms with Crippen molar-refractivity contribution in [3.8, 4) is 0 Å². The van der Waals surface area contributed by atoms with Crippen LogP contribution in [0.15, 0.2) is 48.8 Å². The van der Waals surface area contributed by atoms with Crippen molar-refractivity contribution in [3.63, 3.8) is 0 Å². The van der Waals surface area contributed by atoms with Gasteiger partial charge in [-0.2, -0.15) is 0 Å². The molecule has 0 atom stereocenters. The molecule has 0 radical (unpaired) electrons. The molecule has 0 saturated heterocycles. The number of pyridine rings is 1. The van der Waals surface area contributed by atoms with Crippen molar-refractivity contribution < 1.29 is 9.59 Å². The lowest BCUT2D eigenvalue weighted by Gasteiger charge is -2.07. The standard InChI is InChI=1S/C17H19N3O2/c1-13-4-2-6-15(10-13)17(22)19-9-7-16(21)20-12-14-5-3-8-18-11-14/h2-6,8,10-11H,7,9,12H2,1H3,(H,19,22)(H,20,21). The van der Waals surface area contributed by atoms with Gasteiger partial charge in [-0.05, 0) is 30.7 Å². The third-order valence-corrected chi connectivity index (χ3v) is 3.13. The fraction of sp³-hybridized carbons (Fsp3) is 0.235. The Morgan fingerprint density at radius 2 is 2.00 bits per heavy atom. The van der Waals surface area contributed by atoms with E-state index in [0.717, 1.165) is 11.1 Å². The quantitative estimate of drug-likeness (QED) is 0.854. The van der Waals surface area contributed by atoms with Crippen LogP contribution in [0.5, 0.6) is 0 Å². The molecule has 0 saturated carbocycles. The summed E-state index contributed by atoms with van der Waals surface area (Å²) in [5, 5.41) is 5.53. The van der Waals surface area contributed by atoms with E-state index in [1.54, 1.807) is 18.5 Å². The number of carbonyl (C=O) groups is 2. The monoisotopic (exact) mass is 297 g/mol. The van der Waals surface area contributed by atoms with E-state index < -0.39 is 0 Å². The third-order valence-electron chi connectivity index (χ3n) is 3.13. The molecule has 114 valence electrons. The van der Waals surface area contributed by atoms with Crippen LogP contribution in [0.4, 0.5) is 0 Å². The molecule has 22 heavy (non-hydrogen) atoms. The summed E-state index contributed by atoms with van der Waals surface area (Å²) < 4.78 is 0. The maximum atomic E-state index is 11.9. The fourth-order valence-electron chi connectivity index (χ4n) is 1.97.